The van der Waals surface area contributed by atoms with Crippen LogP contribution in [0.2, 0.25) is 5.02 Å². The van der Waals surface area contributed by atoms with Crippen molar-refractivity contribution in [3.63, 3.8) is 0 Å². The van der Waals surface area contributed by atoms with Gasteiger partial charge in [-0.05, 0) is 55.3 Å². The molecular weight excluding hydrogens is 388 g/mol. The van der Waals surface area contributed by atoms with Gasteiger partial charge in [0.1, 0.15) is 17.2 Å². The molecule has 6 heteroatoms. The predicted octanol–water partition coefficient (Wildman–Crippen LogP) is 4.37. The van der Waals surface area contributed by atoms with E-state index in [2.05, 4.69) is 10.6 Å². The lowest BCUT2D eigenvalue weighted by molar-refractivity contribution is -0.117. The number of rotatable bonds is 7. The average Bonchev–Trinajstić information content (AvgIpc) is 3.13. The molecule has 1 aromatic heterocycles. The van der Waals surface area contributed by atoms with Crippen LogP contribution >= 0.6 is 11.6 Å². The Morgan fingerprint density at radius 2 is 1.83 bits per heavy atom. The monoisotopic (exact) mass is 408 g/mol. The van der Waals surface area contributed by atoms with Gasteiger partial charge in [0.2, 0.25) is 0 Å². The molecule has 2 N–H and O–H groups in total. The summed E-state index contributed by atoms with van der Waals surface area (Å²) >= 11 is 5.99. The zero-order chi connectivity index (χ0) is 20.6. The standard InChI is InChI=1S/C23H21ClN2O3/c1-16-10-11-20(29-16)15-21(26-22(27)18-7-3-2-4-8-18)23(28)25-13-12-17-6-5-9-19(24)14-17/h2-11,14-15H,12-13H2,1H3,(H,25,28)(H,26,27). The molecule has 0 atom stereocenters. The summed E-state index contributed by atoms with van der Waals surface area (Å²) in [6.45, 7) is 2.21. The van der Waals surface area contributed by atoms with Gasteiger partial charge in [-0.15, -0.1) is 0 Å². The Morgan fingerprint density at radius 3 is 2.52 bits per heavy atom. The maximum atomic E-state index is 12.7. The Balaban J connectivity index is 1.70. The highest BCUT2D eigenvalue weighted by atomic mass is 35.5. The fraction of sp³-hybridized carbons (Fsp3) is 0.130. The topological polar surface area (TPSA) is 71.3 Å². The summed E-state index contributed by atoms with van der Waals surface area (Å²) in [6.07, 6.45) is 2.13. The van der Waals surface area contributed by atoms with E-state index in [0.717, 1.165) is 5.56 Å². The van der Waals surface area contributed by atoms with Crippen molar-refractivity contribution in [1.29, 1.82) is 0 Å². The molecule has 29 heavy (non-hydrogen) atoms. The Kier molecular flexibility index (Phi) is 6.87. The van der Waals surface area contributed by atoms with E-state index in [1.807, 2.05) is 31.2 Å². The van der Waals surface area contributed by atoms with Crippen molar-refractivity contribution in [2.24, 2.45) is 0 Å². The van der Waals surface area contributed by atoms with Gasteiger partial charge in [-0.1, -0.05) is 41.9 Å². The summed E-state index contributed by atoms with van der Waals surface area (Å²) in [5, 5.41) is 6.16. The highest BCUT2D eigenvalue weighted by molar-refractivity contribution is 6.30. The fourth-order valence-electron chi connectivity index (χ4n) is 2.72. The Hall–Kier alpha value is -3.31. The number of carbonyl (C=O) groups excluding carboxylic acids is 2. The van der Waals surface area contributed by atoms with E-state index in [9.17, 15) is 9.59 Å². The van der Waals surface area contributed by atoms with Crippen molar-refractivity contribution in [3.05, 3.63) is 100 Å². The molecule has 3 rings (SSSR count). The summed E-state index contributed by atoms with van der Waals surface area (Å²) < 4.78 is 5.52. The van der Waals surface area contributed by atoms with E-state index < -0.39 is 5.91 Å². The summed E-state index contributed by atoms with van der Waals surface area (Å²) in [5.74, 6) is 0.428. The third kappa shape index (κ3) is 6.09. The second-order valence-electron chi connectivity index (χ2n) is 6.46. The van der Waals surface area contributed by atoms with Gasteiger partial charge < -0.3 is 15.1 Å². The van der Waals surface area contributed by atoms with Crippen LogP contribution < -0.4 is 10.6 Å². The molecule has 0 fully saturated rings. The normalized spacial score (nSPS) is 11.2. The summed E-state index contributed by atoms with van der Waals surface area (Å²) in [4.78, 5) is 25.2. The minimum absolute atomic E-state index is 0.110. The summed E-state index contributed by atoms with van der Waals surface area (Å²) in [6, 6.07) is 19.7. The fourth-order valence-corrected chi connectivity index (χ4v) is 2.94. The molecule has 0 radical (unpaired) electrons. The van der Waals surface area contributed by atoms with Gasteiger partial charge in [0.25, 0.3) is 11.8 Å². The smallest absolute Gasteiger partial charge is 0.267 e. The quantitative estimate of drug-likeness (QED) is 0.570. The molecule has 0 aliphatic heterocycles. The number of amides is 2. The molecule has 5 nitrogen and oxygen atoms in total. The predicted molar refractivity (Wildman–Crippen MR) is 113 cm³/mol. The average molecular weight is 409 g/mol. The van der Waals surface area contributed by atoms with Crippen LogP contribution in [0, 0.1) is 6.92 Å². The van der Waals surface area contributed by atoms with Crippen molar-refractivity contribution in [1.82, 2.24) is 10.6 Å². The molecule has 148 valence electrons. The lowest BCUT2D eigenvalue weighted by Gasteiger charge is -2.11. The number of hydrogen-bond donors (Lipinski definition) is 2. The Labute approximate surface area is 174 Å². The van der Waals surface area contributed by atoms with Crippen LogP contribution in [0.4, 0.5) is 0 Å². The Morgan fingerprint density at radius 1 is 1.03 bits per heavy atom. The highest BCUT2D eigenvalue weighted by Gasteiger charge is 2.15. The molecular formula is C23H21ClN2O3. The van der Waals surface area contributed by atoms with Gasteiger partial charge >= 0.3 is 0 Å². The molecule has 1 heterocycles. The van der Waals surface area contributed by atoms with E-state index in [1.165, 1.54) is 6.08 Å². The number of hydrogen-bond acceptors (Lipinski definition) is 3. The van der Waals surface area contributed by atoms with Crippen LogP contribution in [-0.2, 0) is 11.2 Å². The second-order valence-corrected chi connectivity index (χ2v) is 6.90. The molecule has 2 amide bonds. The van der Waals surface area contributed by atoms with Crippen LogP contribution in [0.3, 0.4) is 0 Å². The van der Waals surface area contributed by atoms with Crippen LogP contribution in [0.25, 0.3) is 6.08 Å². The van der Waals surface area contributed by atoms with E-state index in [1.54, 1.807) is 42.5 Å². The van der Waals surface area contributed by atoms with Gasteiger partial charge in [-0.2, -0.15) is 0 Å². The van der Waals surface area contributed by atoms with Crippen LogP contribution in [0.5, 0.6) is 0 Å². The Bertz CT molecular complexity index is 1030. The molecule has 0 saturated carbocycles. The third-order valence-corrected chi connectivity index (χ3v) is 4.40. The first kappa shape index (κ1) is 20.4. The van der Waals surface area contributed by atoms with Crippen LogP contribution in [0.1, 0.15) is 27.4 Å². The molecule has 0 bridgehead atoms. The first-order chi connectivity index (χ1) is 14.0. The number of benzene rings is 2. The first-order valence-corrected chi connectivity index (χ1v) is 9.56. The van der Waals surface area contributed by atoms with Crippen molar-refractivity contribution >= 4 is 29.5 Å². The lowest BCUT2D eigenvalue weighted by Crippen LogP contribution is -2.35. The number of nitrogens with one attached hydrogen (secondary N) is 2. The van der Waals surface area contributed by atoms with Crippen LogP contribution in [-0.4, -0.2) is 18.4 Å². The summed E-state index contributed by atoms with van der Waals surface area (Å²) in [5.41, 5.74) is 1.58. The maximum absolute atomic E-state index is 12.7. The number of halogens is 1. The number of aryl methyl sites for hydroxylation is 1. The third-order valence-electron chi connectivity index (χ3n) is 4.16. The highest BCUT2D eigenvalue weighted by Crippen LogP contribution is 2.12. The van der Waals surface area contributed by atoms with Gasteiger partial charge in [-0.3, -0.25) is 9.59 Å². The van der Waals surface area contributed by atoms with Crippen molar-refractivity contribution in [2.45, 2.75) is 13.3 Å². The lowest BCUT2D eigenvalue weighted by atomic mass is 10.1. The van der Waals surface area contributed by atoms with Gasteiger partial charge in [0.05, 0.1) is 0 Å². The number of carbonyl (C=O) groups is 2. The molecule has 3 aromatic rings. The second kappa shape index (κ2) is 9.75. The minimum Gasteiger partial charge on any atom is -0.462 e. The van der Waals surface area contributed by atoms with Crippen molar-refractivity contribution in [3.8, 4) is 0 Å². The van der Waals surface area contributed by atoms with E-state index in [-0.39, 0.29) is 11.6 Å². The molecule has 0 aliphatic carbocycles. The number of furan rings is 1. The van der Waals surface area contributed by atoms with Gasteiger partial charge in [-0.25, -0.2) is 0 Å². The first-order valence-electron chi connectivity index (χ1n) is 9.18. The zero-order valence-electron chi connectivity index (χ0n) is 15.9. The summed E-state index contributed by atoms with van der Waals surface area (Å²) in [7, 11) is 0. The van der Waals surface area contributed by atoms with Crippen molar-refractivity contribution in [2.75, 3.05) is 6.54 Å². The molecule has 0 spiro atoms. The van der Waals surface area contributed by atoms with E-state index >= 15 is 0 Å². The molecule has 0 aliphatic rings. The largest absolute Gasteiger partial charge is 0.462 e. The minimum atomic E-state index is -0.398. The van der Waals surface area contributed by atoms with Gasteiger partial charge in [0.15, 0.2) is 0 Å². The van der Waals surface area contributed by atoms with E-state index in [4.69, 9.17) is 16.0 Å². The van der Waals surface area contributed by atoms with Crippen LogP contribution in [0.15, 0.2) is 76.8 Å². The SMILES string of the molecule is Cc1ccc(C=C(NC(=O)c2ccccc2)C(=O)NCCc2cccc(Cl)c2)o1. The maximum Gasteiger partial charge on any atom is 0.267 e. The van der Waals surface area contributed by atoms with Crippen molar-refractivity contribution < 1.29 is 14.0 Å². The molecule has 0 unspecified atom stereocenters. The van der Waals surface area contributed by atoms with E-state index in [0.29, 0.717) is 35.1 Å². The zero-order valence-corrected chi connectivity index (χ0v) is 16.7. The van der Waals surface area contributed by atoms with Gasteiger partial charge in [0, 0.05) is 23.2 Å². The molecule has 2 aromatic carbocycles. The molecule has 0 saturated heterocycles.